The standard InChI is InChI=1S/C23H25N3O2/c1-3-17-12-19(16-26-10-4-5-11-26)14-20(13-17)23(2,22(27)28)25-21-8-6-18(15-24)7-9-21/h3,6-9,12-14,25H,1,4-5,10-11,16H2,2H3,(H,27,28). The van der Waals surface area contributed by atoms with Crippen LogP contribution >= 0.6 is 0 Å². The van der Waals surface area contributed by atoms with Gasteiger partial charge in [-0.15, -0.1) is 0 Å². The smallest absolute Gasteiger partial charge is 0.333 e. The number of carboxylic acid groups (broad SMARTS) is 1. The van der Waals surface area contributed by atoms with Crippen LogP contribution in [0.15, 0.2) is 49.0 Å². The molecule has 2 aromatic carbocycles. The van der Waals surface area contributed by atoms with Gasteiger partial charge in [0.2, 0.25) is 0 Å². The van der Waals surface area contributed by atoms with Gasteiger partial charge in [-0.3, -0.25) is 4.90 Å². The Balaban J connectivity index is 1.95. The molecule has 144 valence electrons. The molecule has 2 N–H and O–H groups in total. The minimum absolute atomic E-state index is 0.532. The molecule has 0 bridgehead atoms. The van der Waals surface area contributed by atoms with E-state index in [0.29, 0.717) is 16.8 Å². The second-order valence-electron chi connectivity index (χ2n) is 7.39. The Morgan fingerprint density at radius 3 is 2.54 bits per heavy atom. The van der Waals surface area contributed by atoms with E-state index >= 15 is 0 Å². The van der Waals surface area contributed by atoms with Gasteiger partial charge < -0.3 is 10.4 Å². The molecule has 0 aromatic heterocycles. The molecule has 2 aromatic rings. The SMILES string of the molecule is C=Cc1cc(CN2CCCC2)cc(C(C)(Nc2ccc(C#N)cc2)C(=O)O)c1. The van der Waals surface area contributed by atoms with Crippen molar-refractivity contribution in [3.8, 4) is 6.07 Å². The molecule has 0 aliphatic carbocycles. The summed E-state index contributed by atoms with van der Waals surface area (Å²) in [6.07, 6.45) is 4.17. The number of nitrogens with one attached hydrogen (secondary N) is 1. The lowest BCUT2D eigenvalue weighted by Crippen LogP contribution is -2.40. The Hall–Kier alpha value is -3.10. The van der Waals surface area contributed by atoms with Crippen molar-refractivity contribution < 1.29 is 9.90 Å². The van der Waals surface area contributed by atoms with E-state index in [1.165, 1.54) is 12.8 Å². The Kier molecular flexibility index (Phi) is 5.81. The van der Waals surface area contributed by atoms with E-state index in [9.17, 15) is 9.90 Å². The molecular formula is C23H25N3O2. The first kappa shape index (κ1) is 19.7. The number of carbonyl (C=O) groups is 1. The van der Waals surface area contributed by atoms with Gasteiger partial charge in [0, 0.05) is 12.2 Å². The largest absolute Gasteiger partial charge is 0.479 e. The number of hydrogen-bond acceptors (Lipinski definition) is 4. The average Bonchev–Trinajstić information content (AvgIpc) is 3.21. The summed E-state index contributed by atoms with van der Waals surface area (Å²) in [5.74, 6) is -0.967. The Bertz CT molecular complexity index is 908. The molecule has 0 amide bonds. The molecule has 5 nitrogen and oxygen atoms in total. The first-order chi connectivity index (χ1) is 13.4. The molecule has 3 rings (SSSR count). The van der Waals surface area contributed by atoms with Crippen LogP contribution in [0.5, 0.6) is 0 Å². The van der Waals surface area contributed by atoms with Crippen LogP contribution in [-0.2, 0) is 16.9 Å². The summed E-state index contributed by atoms with van der Waals surface area (Å²) in [6, 6.07) is 14.8. The molecule has 28 heavy (non-hydrogen) atoms. The molecule has 0 radical (unpaired) electrons. The first-order valence-electron chi connectivity index (χ1n) is 9.45. The molecule has 1 saturated heterocycles. The van der Waals surface area contributed by atoms with Gasteiger partial charge in [-0.25, -0.2) is 4.79 Å². The summed E-state index contributed by atoms with van der Waals surface area (Å²) in [7, 11) is 0. The maximum atomic E-state index is 12.3. The van der Waals surface area contributed by atoms with Crippen molar-refractivity contribution in [2.24, 2.45) is 0 Å². The van der Waals surface area contributed by atoms with E-state index < -0.39 is 11.5 Å². The highest BCUT2D eigenvalue weighted by molar-refractivity contribution is 5.84. The molecule has 1 aliphatic rings. The highest BCUT2D eigenvalue weighted by Gasteiger charge is 2.36. The second kappa shape index (κ2) is 8.28. The lowest BCUT2D eigenvalue weighted by atomic mass is 9.88. The lowest BCUT2D eigenvalue weighted by molar-refractivity contribution is -0.142. The van der Waals surface area contributed by atoms with Crippen LogP contribution < -0.4 is 5.32 Å². The number of nitriles is 1. The zero-order valence-corrected chi connectivity index (χ0v) is 16.1. The predicted octanol–water partition coefficient (Wildman–Crippen LogP) is 4.21. The van der Waals surface area contributed by atoms with Gasteiger partial charge in [0.15, 0.2) is 5.54 Å². The third-order valence-corrected chi connectivity index (χ3v) is 5.27. The Morgan fingerprint density at radius 1 is 1.29 bits per heavy atom. The number of anilines is 1. The van der Waals surface area contributed by atoms with Crippen molar-refractivity contribution in [3.63, 3.8) is 0 Å². The third kappa shape index (κ3) is 4.24. The van der Waals surface area contributed by atoms with E-state index in [1.807, 2.05) is 12.1 Å². The fourth-order valence-corrected chi connectivity index (χ4v) is 3.58. The molecule has 1 heterocycles. The summed E-state index contributed by atoms with van der Waals surface area (Å²) < 4.78 is 0. The molecule has 1 atom stereocenters. The lowest BCUT2D eigenvalue weighted by Gasteiger charge is -2.29. The molecule has 1 aliphatic heterocycles. The minimum atomic E-state index is -1.31. The summed E-state index contributed by atoms with van der Waals surface area (Å²) in [5.41, 5.74) is 2.53. The van der Waals surface area contributed by atoms with Crippen LogP contribution in [0, 0.1) is 11.3 Å². The Morgan fingerprint density at radius 2 is 1.96 bits per heavy atom. The fourth-order valence-electron chi connectivity index (χ4n) is 3.58. The van der Waals surface area contributed by atoms with Gasteiger partial charge in [0.1, 0.15) is 0 Å². The average molecular weight is 375 g/mol. The van der Waals surface area contributed by atoms with Crippen LogP contribution in [0.3, 0.4) is 0 Å². The van der Waals surface area contributed by atoms with Crippen LogP contribution in [0.1, 0.15) is 42.0 Å². The van der Waals surface area contributed by atoms with Crippen LogP contribution in [-0.4, -0.2) is 29.1 Å². The predicted molar refractivity (Wildman–Crippen MR) is 111 cm³/mol. The number of nitrogens with zero attached hydrogens (tertiary/aromatic N) is 2. The summed E-state index contributed by atoms with van der Waals surface area (Å²) in [4.78, 5) is 14.6. The maximum absolute atomic E-state index is 12.3. The summed E-state index contributed by atoms with van der Waals surface area (Å²) >= 11 is 0. The normalized spacial score (nSPS) is 16.1. The van der Waals surface area contributed by atoms with Crippen molar-refractivity contribution in [3.05, 3.63) is 71.3 Å². The topological polar surface area (TPSA) is 76.4 Å². The quantitative estimate of drug-likeness (QED) is 0.758. The van der Waals surface area contributed by atoms with Gasteiger partial charge in [0.25, 0.3) is 0 Å². The molecule has 1 unspecified atom stereocenters. The first-order valence-corrected chi connectivity index (χ1v) is 9.45. The van der Waals surface area contributed by atoms with Gasteiger partial charge in [-0.1, -0.05) is 24.8 Å². The molecule has 0 spiro atoms. The van der Waals surface area contributed by atoms with E-state index in [-0.39, 0.29) is 0 Å². The number of benzene rings is 2. The highest BCUT2D eigenvalue weighted by atomic mass is 16.4. The molecular weight excluding hydrogens is 350 g/mol. The summed E-state index contributed by atoms with van der Waals surface area (Å²) in [5, 5.41) is 22.1. The number of likely N-dealkylation sites (tertiary alicyclic amines) is 1. The fraction of sp³-hybridized carbons (Fsp3) is 0.304. The van der Waals surface area contributed by atoms with Crippen molar-refractivity contribution in [1.29, 1.82) is 5.26 Å². The van der Waals surface area contributed by atoms with Crippen molar-refractivity contribution in [2.75, 3.05) is 18.4 Å². The molecule has 0 saturated carbocycles. The third-order valence-electron chi connectivity index (χ3n) is 5.27. The van der Waals surface area contributed by atoms with Gasteiger partial charge in [-0.05, 0) is 79.9 Å². The second-order valence-corrected chi connectivity index (χ2v) is 7.39. The van der Waals surface area contributed by atoms with Gasteiger partial charge in [0.05, 0.1) is 11.6 Å². The number of carboxylic acids is 1. The summed E-state index contributed by atoms with van der Waals surface area (Å²) in [6.45, 7) is 8.49. The molecule has 1 fully saturated rings. The maximum Gasteiger partial charge on any atom is 0.333 e. The number of aliphatic carboxylic acids is 1. The van der Waals surface area contributed by atoms with Crippen molar-refractivity contribution in [1.82, 2.24) is 4.90 Å². The van der Waals surface area contributed by atoms with Crippen molar-refractivity contribution >= 4 is 17.7 Å². The monoisotopic (exact) mass is 375 g/mol. The number of rotatable bonds is 7. The zero-order chi connectivity index (χ0) is 20.1. The van der Waals surface area contributed by atoms with E-state index in [2.05, 4.69) is 28.9 Å². The zero-order valence-electron chi connectivity index (χ0n) is 16.1. The minimum Gasteiger partial charge on any atom is -0.479 e. The van der Waals surface area contributed by atoms with Crippen molar-refractivity contribution in [2.45, 2.75) is 31.8 Å². The number of hydrogen-bond donors (Lipinski definition) is 2. The van der Waals surface area contributed by atoms with Crippen LogP contribution in [0.4, 0.5) is 5.69 Å². The Labute approximate surface area is 165 Å². The van der Waals surface area contributed by atoms with Gasteiger partial charge in [-0.2, -0.15) is 5.26 Å². The van der Waals surface area contributed by atoms with Crippen LogP contribution in [0.25, 0.3) is 6.08 Å². The highest BCUT2D eigenvalue weighted by Crippen LogP contribution is 2.30. The van der Waals surface area contributed by atoms with E-state index in [4.69, 9.17) is 5.26 Å². The molecule has 5 heteroatoms. The van der Waals surface area contributed by atoms with Gasteiger partial charge >= 0.3 is 5.97 Å². The van der Waals surface area contributed by atoms with E-state index in [0.717, 1.165) is 30.8 Å². The van der Waals surface area contributed by atoms with Crippen LogP contribution in [0.2, 0.25) is 0 Å². The van der Waals surface area contributed by atoms with E-state index in [1.54, 1.807) is 37.3 Å².